The summed E-state index contributed by atoms with van der Waals surface area (Å²) in [6, 6.07) is 12.8. The molecular weight excluding hydrogens is 392 g/mol. The van der Waals surface area contributed by atoms with Gasteiger partial charge in [0.2, 0.25) is 0 Å². The van der Waals surface area contributed by atoms with Crippen molar-refractivity contribution in [1.29, 1.82) is 0 Å². The Morgan fingerprint density at radius 3 is 2.86 bits per heavy atom. The molecule has 148 valence electrons. The van der Waals surface area contributed by atoms with E-state index in [1.165, 1.54) is 0 Å². The zero-order valence-electron chi connectivity index (χ0n) is 15.8. The molecule has 1 N–H and O–H groups in total. The Hall–Kier alpha value is -3.19. The van der Waals surface area contributed by atoms with Gasteiger partial charge in [0.05, 0.1) is 0 Å². The lowest BCUT2D eigenvalue weighted by atomic mass is 9.98. The third kappa shape index (κ3) is 4.14. The summed E-state index contributed by atoms with van der Waals surface area (Å²) in [6.07, 6.45) is 1.75. The third-order valence-electron chi connectivity index (χ3n) is 4.75. The number of benzene rings is 2. The molecule has 7 nitrogen and oxygen atoms in total. The van der Waals surface area contributed by atoms with E-state index >= 15 is 0 Å². The highest BCUT2D eigenvalue weighted by atomic mass is 35.5. The highest BCUT2D eigenvalue weighted by Crippen LogP contribution is 2.29. The molecule has 0 spiro atoms. The monoisotopic (exact) mass is 410 g/mol. The number of aromatic nitrogens is 2. The van der Waals surface area contributed by atoms with Crippen LogP contribution in [0.3, 0.4) is 0 Å². The van der Waals surface area contributed by atoms with Gasteiger partial charge in [0.15, 0.2) is 5.82 Å². The number of halogens is 1. The Labute approximate surface area is 172 Å². The van der Waals surface area contributed by atoms with E-state index in [0.717, 1.165) is 29.7 Å². The Bertz CT molecular complexity index is 1080. The van der Waals surface area contributed by atoms with Crippen LogP contribution in [0, 0.1) is 6.92 Å². The summed E-state index contributed by atoms with van der Waals surface area (Å²) >= 11 is 6.03. The first-order valence-electron chi connectivity index (χ1n) is 9.29. The predicted octanol–water partition coefficient (Wildman–Crippen LogP) is 3.55. The van der Waals surface area contributed by atoms with Gasteiger partial charge in [0.1, 0.15) is 0 Å². The summed E-state index contributed by atoms with van der Waals surface area (Å²) in [5.41, 5.74) is 3.47. The van der Waals surface area contributed by atoms with Crippen LogP contribution in [0.4, 0.5) is 5.69 Å². The first kappa shape index (κ1) is 19.1. The summed E-state index contributed by atoms with van der Waals surface area (Å²) < 4.78 is 4.87. The SMILES string of the molecule is Cc1noc(C(=O)NCc2ccc3c(c2)CCCN3C(=O)c2cccc(Cl)c2)n1. The summed E-state index contributed by atoms with van der Waals surface area (Å²) in [5.74, 6) is -0.130. The zero-order chi connectivity index (χ0) is 20.4. The number of anilines is 1. The van der Waals surface area contributed by atoms with Crippen molar-refractivity contribution >= 4 is 29.1 Å². The molecule has 0 bridgehead atoms. The van der Waals surface area contributed by atoms with E-state index in [9.17, 15) is 9.59 Å². The smallest absolute Gasteiger partial charge is 0.315 e. The van der Waals surface area contributed by atoms with Crippen molar-refractivity contribution in [2.75, 3.05) is 11.4 Å². The van der Waals surface area contributed by atoms with Gasteiger partial charge in [-0.15, -0.1) is 0 Å². The van der Waals surface area contributed by atoms with Gasteiger partial charge in [0, 0.05) is 29.4 Å². The van der Waals surface area contributed by atoms with Crippen LogP contribution in [0.15, 0.2) is 47.0 Å². The molecule has 0 unspecified atom stereocenters. The molecule has 1 aliphatic rings. The fraction of sp³-hybridized carbons (Fsp3) is 0.238. The van der Waals surface area contributed by atoms with Crippen molar-refractivity contribution in [3.05, 3.63) is 75.9 Å². The van der Waals surface area contributed by atoms with Crippen molar-refractivity contribution in [3.63, 3.8) is 0 Å². The minimum absolute atomic E-state index is 0.0567. The number of hydrogen-bond donors (Lipinski definition) is 1. The van der Waals surface area contributed by atoms with E-state index in [1.807, 2.05) is 18.2 Å². The second-order valence-electron chi connectivity index (χ2n) is 6.86. The molecule has 0 saturated heterocycles. The van der Waals surface area contributed by atoms with Gasteiger partial charge in [-0.3, -0.25) is 9.59 Å². The summed E-state index contributed by atoms with van der Waals surface area (Å²) in [4.78, 5) is 30.7. The first-order valence-corrected chi connectivity index (χ1v) is 9.67. The second kappa shape index (κ2) is 8.05. The Kier molecular flexibility index (Phi) is 5.31. The molecule has 0 atom stereocenters. The lowest BCUT2D eigenvalue weighted by Gasteiger charge is -2.30. The maximum atomic E-state index is 13.0. The van der Waals surface area contributed by atoms with E-state index in [0.29, 0.717) is 29.5 Å². The van der Waals surface area contributed by atoms with Crippen LogP contribution >= 0.6 is 11.6 Å². The molecule has 3 aromatic rings. The van der Waals surface area contributed by atoms with Gasteiger partial charge in [-0.1, -0.05) is 35.0 Å². The summed E-state index contributed by atoms with van der Waals surface area (Å²) in [5, 5.41) is 6.92. The maximum absolute atomic E-state index is 13.0. The normalized spacial score (nSPS) is 13.1. The molecule has 0 radical (unpaired) electrons. The van der Waals surface area contributed by atoms with E-state index < -0.39 is 5.91 Å². The van der Waals surface area contributed by atoms with Crippen LogP contribution in [0.2, 0.25) is 5.02 Å². The Morgan fingerprint density at radius 2 is 2.10 bits per heavy atom. The van der Waals surface area contributed by atoms with Gasteiger partial charge < -0.3 is 14.7 Å². The molecule has 1 aliphatic heterocycles. The average Bonchev–Trinajstić information content (AvgIpc) is 3.17. The van der Waals surface area contributed by atoms with E-state index in [1.54, 1.807) is 36.1 Å². The van der Waals surface area contributed by atoms with Crippen LogP contribution in [-0.4, -0.2) is 28.5 Å². The number of amides is 2. The van der Waals surface area contributed by atoms with Gasteiger partial charge in [-0.25, -0.2) is 0 Å². The molecule has 0 aliphatic carbocycles. The van der Waals surface area contributed by atoms with Gasteiger partial charge in [0.25, 0.3) is 5.91 Å². The number of nitrogens with one attached hydrogen (secondary N) is 1. The number of hydrogen-bond acceptors (Lipinski definition) is 5. The zero-order valence-corrected chi connectivity index (χ0v) is 16.6. The van der Waals surface area contributed by atoms with Gasteiger partial charge in [-0.2, -0.15) is 4.98 Å². The number of rotatable bonds is 4. The number of carbonyl (C=O) groups excluding carboxylic acids is 2. The van der Waals surface area contributed by atoms with Crippen molar-refractivity contribution < 1.29 is 14.1 Å². The summed E-state index contributed by atoms with van der Waals surface area (Å²) in [6.45, 7) is 2.64. The molecule has 0 saturated carbocycles. The quantitative estimate of drug-likeness (QED) is 0.710. The largest absolute Gasteiger partial charge is 0.344 e. The van der Waals surface area contributed by atoms with Crippen LogP contribution in [0.1, 0.15) is 44.4 Å². The molecule has 0 fully saturated rings. The lowest BCUT2D eigenvalue weighted by molar-refractivity contribution is 0.0906. The van der Waals surface area contributed by atoms with Gasteiger partial charge >= 0.3 is 11.8 Å². The fourth-order valence-electron chi connectivity index (χ4n) is 3.40. The average molecular weight is 411 g/mol. The van der Waals surface area contributed by atoms with Crippen LogP contribution in [0.5, 0.6) is 0 Å². The molecule has 2 amide bonds. The van der Waals surface area contributed by atoms with Crippen LogP contribution in [-0.2, 0) is 13.0 Å². The van der Waals surface area contributed by atoms with Crippen molar-refractivity contribution in [3.8, 4) is 0 Å². The third-order valence-corrected chi connectivity index (χ3v) is 4.99. The maximum Gasteiger partial charge on any atom is 0.315 e. The van der Waals surface area contributed by atoms with Crippen molar-refractivity contribution in [2.45, 2.75) is 26.3 Å². The fourth-order valence-corrected chi connectivity index (χ4v) is 3.59. The summed E-state index contributed by atoms with van der Waals surface area (Å²) in [7, 11) is 0. The number of fused-ring (bicyclic) bond motifs is 1. The minimum Gasteiger partial charge on any atom is -0.344 e. The van der Waals surface area contributed by atoms with Crippen LogP contribution < -0.4 is 10.2 Å². The molecular formula is C21H19ClN4O3. The molecule has 2 heterocycles. The molecule has 4 rings (SSSR count). The van der Waals surface area contributed by atoms with Gasteiger partial charge in [-0.05, 0) is 55.2 Å². The molecule has 2 aromatic carbocycles. The predicted molar refractivity (Wildman–Crippen MR) is 108 cm³/mol. The van der Waals surface area contributed by atoms with Crippen LogP contribution in [0.25, 0.3) is 0 Å². The lowest BCUT2D eigenvalue weighted by Crippen LogP contribution is -2.35. The van der Waals surface area contributed by atoms with Crippen molar-refractivity contribution in [1.82, 2.24) is 15.5 Å². The first-order chi connectivity index (χ1) is 14.0. The topological polar surface area (TPSA) is 88.3 Å². The van der Waals surface area contributed by atoms with Crippen molar-refractivity contribution in [2.24, 2.45) is 0 Å². The Balaban J connectivity index is 1.49. The molecule has 1 aromatic heterocycles. The number of nitrogens with zero attached hydrogens (tertiary/aromatic N) is 3. The Morgan fingerprint density at radius 1 is 1.24 bits per heavy atom. The van der Waals surface area contributed by atoms with E-state index in [4.69, 9.17) is 16.1 Å². The standard InChI is InChI=1S/C21H19ClN4O3/c1-13-24-20(29-25-13)19(27)23-12-14-7-8-18-15(10-14)5-3-9-26(18)21(28)16-4-2-6-17(22)11-16/h2,4,6-8,10-11H,3,5,9,12H2,1H3,(H,23,27). The molecule has 29 heavy (non-hydrogen) atoms. The minimum atomic E-state index is -0.416. The van der Waals surface area contributed by atoms with E-state index in [2.05, 4.69) is 15.5 Å². The number of aryl methyl sites for hydroxylation is 2. The second-order valence-corrected chi connectivity index (χ2v) is 7.30. The molecule has 8 heteroatoms. The van der Waals surface area contributed by atoms with E-state index in [-0.39, 0.29) is 11.8 Å². The highest BCUT2D eigenvalue weighted by molar-refractivity contribution is 6.31. The number of carbonyl (C=O) groups is 2. The highest BCUT2D eigenvalue weighted by Gasteiger charge is 2.24.